The van der Waals surface area contributed by atoms with Gasteiger partial charge in [-0.25, -0.2) is 0 Å². The van der Waals surface area contributed by atoms with Crippen LogP contribution in [0, 0.1) is 0 Å². The average molecular weight is 337 g/mol. The first-order chi connectivity index (χ1) is 9.26. The molecule has 122 valence electrons. The molecule has 0 spiro atoms. The number of hydrogen-bond acceptors (Lipinski definition) is 4. The summed E-state index contributed by atoms with van der Waals surface area (Å²) in [5.74, 6) is 1.64. The Labute approximate surface area is 140 Å². The SMILES string of the molecule is CCOc1ccc([C@@H](C)N2CCNCC2)cc1OC.Cl.Cl. The second kappa shape index (κ2) is 10.1. The lowest BCUT2D eigenvalue weighted by Crippen LogP contribution is -2.44. The number of hydrogen-bond donors (Lipinski definition) is 1. The minimum atomic E-state index is 0. The van der Waals surface area contributed by atoms with E-state index < -0.39 is 0 Å². The van der Waals surface area contributed by atoms with Crippen LogP contribution in [0.5, 0.6) is 11.5 Å². The predicted molar refractivity (Wildman–Crippen MR) is 91.5 cm³/mol. The lowest BCUT2D eigenvalue weighted by molar-refractivity contribution is 0.185. The minimum Gasteiger partial charge on any atom is -0.493 e. The Balaban J connectivity index is 0.00000200. The summed E-state index contributed by atoms with van der Waals surface area (Å²) in [6, 6.07) is 6.65. The maximum absolute atomic E-state index is 5.56. The van der Waals surface area contributed by atoms with E-state index in [9.17, 15) is 0 Å². The van der Waals surface area contributed by atoms with E-state index >= 15 is 0 Å². The highest BCUT2D eigenvalue weighted by atomic mass is 35.5. The summed E-state index contributed by atoms with van der Waals surface area (Å²) in [7, 11) is 1.69. The smallest absolute Gasteiger partial charge is 0.161 e. The molecule has 1 heterocycles. The molecule has 1 aliphatic rings. The molecule has 0 bridgehead atoms. The third kappa shape index (κ3) is 5.22. The van der Waals surface area contributed by atoms with Crippen molar-refractivity contribution in [3.8, 4) is 11.5 Å². The third-order valence-corrected chi connectivity index (χ3v) is 3.67. The van der Waals surface area contributed by atoms with Gasteiger partial charge in [-0.3, -0.25) is 4.90 Å². The van der Waals surface area contributed by atoms with E-state index in [0.29, 0.717) is 12.6 Å². The molecule has 1 fully saturated rings. The van der Waals surface area contributed by atoms with Gasteiger partial charge in [-0.2, -0.15) is 0 Å². The highest BCUT2D eigenvalue weighted by Gasteiger charge is 2.19. The van der Waals surface area contributed by atoms with Crippen LogP contribution in [0.3, 0.4) is 0 Å². The monoisotopic (exact) mass is 336 g/mol. The summed E-state index contributed by atoms with van der Waals surface area (Å²) in [5.41, 5.74) is 1.28. The maximum Gasteiger partial charge on any atom is 0.161 e. The zero-order valence-electron chi connectivity index (χ0n) is 12.9. The van der Waals surface area contributed by atoms with E-state index in [1.807, 2.05) is 13.0 Å². The fourth-order valence-electron chi connectivity index (χ4n) is 2.50. The molecule has 1 N–H and O–H groups in total. The molecule has 0 aromatic heterocycles. The first-order valence-corrected chi connectivity index (χ1v) is 7.01. The number of methoxy groups -OCH3 is 1. The average Bonchev–Trinajstić information content (AvgIpc) is 2.48. The maximum atomic E-state index is 5.56. The molecular weight excluding hydrogens is 311 g/mol. The lowest BCUT2D eigenvalue weighted by atomic mass is 10.1. The fraction of sp³-hybridized carbons (Fsp3) is 0.600. The molecule has 0 amide bonds. The van der Waals surface area contributed by atoms with Crippen LogP contribution in [0.15, 0.2) is 18.2 Å². The van der Waals surface area contributed by atoms with E-state index in [0.717, 1.165) is 37.7 Å². The predicted octanol–water partition coefficient (Wildman–Crippen LogP) is 2.90. The molecule has 1 aliphatic heterocycles. The van der Waals surface area contributed by atoms with Gasteiger partial charge in [-0.15, -0.1) is 24.8 Å². The van der Waals surface area contributed by atoms with Gasteiger partial charge in [0, 0.05) is 32.2 Å². The van der Waals surface area contributed by atoms with Gasteiger partial charge in [0.05, 0.1) is 13.7 Å². The fourth-order valence-corrected chi connectivity index (χ4v) is 2.50. The molecule has 6 heteroatoms. The third-order valence-electron chi connectivity index (χ3n) is 3.67. The van der Waals surface area contributed by atoms with Crippen LogP contribution in [0.4, 0.5) is 0 Å². The number of halogens is 2. The Kier molecular flexibility index (Phi) is 9.79. The van der Waals surface area contributed by atoms with Gasteiger partial charge in [-0.05, 0) is 31.5 Å². The topological polar surface area (TPSA) is 33.7 Å². The number of piperazine rings is 1. The van der Waals surface area contributed by atoms with Crippen LogP contribution in [0.1, 0.15) is 25.5 Å². The van der Waals surface area contributed by atoms with Crippen LogP contribution in [0.25, 0.3) is 0 Å². The van der Waals surface area contributed by atoms with Gasteiger partial charge in [0.15, 0.2) is 11.5 Å². The Morgan fingerprint density at radius 3 is 2.43 bits per heavy atom. The molecule has 0 radical (unpaired) electrons. The highest BCUT2D eigenvalue weighted by molar-refractivity contribution is 5.85. The van der Waals surface area contributed by atoms with Crippen molar-refractivity contribution in [1.82, 2.24) is 10.2 Å². The number of nitrogens with zero attached hydrogens (tertiary/aromatic N) is 1. The molecule has 1 aromatic rings. The molecule has 1 atom stereocenters. The van der Waals surface area contributed by atoms with Crippen molar-refractivity contribution in [3.63, 3.8) is 0 Å². The van der Waals surface area contributed by atoms with Crippen LogP contribution in [-0.2, 0) is 0 Å². The van der Waals surface area contributed by atoms with Crippen LogP contribution in [0.2, 0.25) is 0 Å². The molecule has 1 saturated heterocycles. The second-order valence-corrected chi connectivity index (χ2v) is 4.81. The molecule has 2 rings (SSSR count). The normalized spacial score (nSPS) is 16.3. The van der Waals surface area contributed by atoms with Gasteiger partial charge in [0.1, 0.15) is 0 Å². The van der Waals surface area contributed by atoms with E-state index in [2.05, 4.69) is 29.3 Å². The van der Waals surface area contributed by atoms with Crippen molar-refractivity contribution in [2.75, 3.05) is 39.9 Å². The van der Waals surface area contributed by atoms with E-state index in [1.54, 1.807) is 7.11 Å². The van der Waals surface area contributed by atoms with E-state index in [-0.39, 0.29) is 24.8 Å². The summed E-state index contributed by atoms with van der Waals surface area (Å²) in [6.07, 6.45) is 0. The van der Waals surface area contributed by atoms with E-state index in [4.69, 9.17) is 9.47 Å². The van der Waals surface area contributed by atoms with Crippen molar-refractivity contribution < 1.29 is 9.47 Å². The number of nitrogens with one attached hydrogen (secondary N) is 1. The Hall–Kier alpha value is -0.680. The summed E-state index contributed by atoms with van der Waals surface area (Å²) >= 11 is 0. The van der Waals surface area contributed by atoms with Gasteiger partial charge in [0.2, 0.25) is 0 Å². The van der Waals surface area contributed by atoms with Crippen molar-refractivity contribution in [2.24, 2.45) is 0 Å². The van der Waals surface area contributed by atoms with Gasteiger partial charge >= 0.3 is 0 Å². The molecular formula is C15H26Cl2N2O2. The second-order valence-electron chi connectivity index (χ2n) is 4.81. The Morgan fingerprint density at radius 2 is 1.86 bits per heavy atom. The molecule has 0 saturated carbocycles. The first-order valence-electron chi connectivity index (χ1n) is 7.01. The number of rotatable bonds is 5. The van der Waals surface area contributed by atoms with Gasteiger partial charge in [0.25, 0.3) is 0 Å². The molecule has 0 unspecified atom stereocenters. The first kappa shape index (κ1) is 20.3. The largest absolute Gasteiger partial charge is 0.493 e. The standard InChI is InChI=1S/C15H24N2O2.2ClH/c1-4-19-14-6-5-13(11-15(14)18-3)12(2)17-9-7-16-8-10-17;;/h5-6,11-12,16H,4,7-10H2,1-3H3;2*1H/t12-;;/m1../s1. The van der Waals surface area contributed by atoms with Gasteiger partial charge < -0.3 is 14.8 Å². The van der Waals surface area contributed by atoms with Crippen molar-refractivity contribution in [2.45, 2.75) is 19.9 Å². The van der Waals surface area contributed by atoms with Crippen molar-refractivity contribution in [3.05, 3.63) is 23.8 Å². The lowest BCUT2D eigenvalue weighted by Gasteiger charge is -2.33. The van der Waals surface area contributed by atoms with Gasteiger partial charge in [-0.1, -0.05) is 6.07 Å². The number of benzene rings is 1. The van der Waals surface area contributed by atoms with Crippen LogP contribution < -0.4 is 14.8 Å². The summed E-state index contributed by atoms with van der Waals surface area (Å²) in [4.78, 5) is 2.49. The van der Waals surface area contributed by atoms with Crippen LogP contribution >= 0.6 is 24.8 Å². The molecule has 21 heavy (non-hydrogen) atoms. The summed E-state index contributed by atoms with van der Waals surface area (Å²) in [6.45, 7) is 9.21. The van der Waals surface area contributed by atoms with Crippen molar-refractivity contribution >= 4 is 24.8 Å². The van der Waals surface area contributed by atoms with Crippen LogP contribution in [-0.4, -0.2) is 44.8 Å². The molecule has 4 nitrogen and oxygen atoms in total. The zero-order valence-corrected chi connectivity index (χ0v) is 14.6. The molecule has 1 aromatic carbocycles. The van der Waals surface area contributed by atoms with Crippen molar-refractivity contribution in [1.29, 1.82) is 0 Å². The zero-order chi connectivity index (χ0) is 13.7. The minimum absolute atomic E-state index is 0. The molecule has 0 aliphatic carbocycles. The Morgan fingerprint density at radius 1 is 1.19 bits per heavy atom. The Bertz CT molecular complexity index is 413. The highest BCUT2D eigenvalue weighted by Crippen LogP contribution is 2.32. The summed E-state index contributed by atoms with van der Waals surface area (Å²) in [5, 5.41) is 3.38. The van der Waals surface area contributed by atoms with E-state index in [1.165, 1.54) is 5.56 Å². The number of ether oxygens (including phenoxy) is 2. The summed E-state index contributed by atoms with van der Waals surface area (Å²) < 4.78 is 11.0. The quantitative estimate of drug-likeness (QED) is 0.896.